The molecule has 0 saturated carbocycles. The quantitative estimate of drug-likeness (QED) is 0.705. The van der Waals surface area contributed by atoms with Gasteiger partial charge in [0.2, 0.25) is 0 Å². The Balaban J connectivity index is 0.00000180. The lowest BCUT2D eigenvalue weighted by atomic mass is 10.4. The summed E-state index contributed by atoms with van der Waals surface area (Å²) in [5.41, 5.74) is 0. The Labute approximate surface area is 125 Å². The highest BCUT2D eigenvalue weighted by Gasteiger charge is 2.32. The van der Waals surface area contributed by atoms with Crippen LogP contribution in [0, 0.1) is 5.85 Å². The van der Waals surface area contributed by atoms with E-state index >= 15 is 0 Å². The molecule has 1 fully saturated rings. The minimum absolute atomic E-state index is 0. The average molecular weight is 299 g/mol. The Bertz CT molecular complexity index is 355. The summed E-state index contributed by atoms with van der Waals surface area (Å²) >= 11 is 0. The van der Waals surface area contributed by atoms with Crippen molar-refractivity contribution in [3.05, 3.63) is 36.2 Å². The molecule has 0 aliphatic carbocycles. The molecule has 0 bridgehead atoms. The van der Waals surface area contributed by atoms with Crippen molar-refractivity contribution in [3.63, 3.8) is 0 Å². The molecule has 0 aromatic heterocycles. The van der Waals surface area contributed by atoms with Crippen LogP contribution in [0.4, 0.5) is 0 Å². The van der Waals surface area contributed by atoms with E-state index in [1.54, 1.807) is 0 Å². The molecular weight excluding hydrogens is 271 g/mol. The zero-order valence-corrected chi connectivity index (χ0v) is 12.2. The van der Waals surface area contributed by atoms with E-state index in [9.17, 15) is 0 Å². The molecule has 4 atom stereocenters. The number of hydrogen-bond acceptors (Lipinski definition) is 3. The molecule has 1 aliphatic rings. The van der Waals surface area contributed by atoms with Crippen molar-refractivity contribution in [2.45, 2.75) is 61.0 Å². The molecule has 1 saturated heterocycles. The largest absolute Gasteiger partial charge is 0.345 e. The predicted molar refractivity (Wildman–Crippen MR) is 87.0 cm³/mol. The van der Waals surface area contributed by atoms with E-state index in [1.807, 2.05) is 26.8 Å². The molecular formula is C16H28O3P. The minimum atomic E-state index is -0.594. The highest BCUT2D eigenvalue weighted by atomic mass is 31.1. The molecule has 3 nitrogen and oxygen atoms in total. The first kappa shape index (κ1) is 19.5. The molecule has 1 aromatic rings. The van der Waals surface area contributed by atoms with Crippen LogP contribution in [0.3, 0.4) is 0 Å². The molecule has 1 aliphatic heterocycles. The Hall–Kier alpha value is -0.470. The molecule has 4 heteroatoms. The van der Waals surface area contributed by atoms with Crippen LogP contribution in [0.1, 0.15) is 42.5 Å². The van der Waals surface area contributed by atoms with Crippen molar-refractivity contribution >= 4 is 13.2 Å². The monoisotopic (exact) mass is 299 g/mol. The summed E-state index contributed by atoms with van der Waals surface area (Å²) in [5.74, 6) is 1.09. The van der Waals surface area contributed by atoms with Gasteiger partial charge in [-0.15, -0.1) is 0 Å². The lowest BCUT2D eigenvalue weighted by molar-refractivity contribution is -0.232. The summed E-state index contributed by atoms with van der Waals surface area (Å²) < 4.78 is 17.3. The lowest BCUT2D eigenvalue weighted by Crippen LogP contribution is -2.32. The Morgan fingerprint density at radius 2 is 1.50 bits per heavy atom. The van der Waals surface area contributed by atoms with Gasteiger partial charge < -0.3 is 14.2 Å². The molecule has 1 aromatic carbocycles. The van der Waals surface area contributed by atoms with Crippen molar-refractivity contribution in [3.8, 4) is 0 Å². The minimum Gasteiger partial charge on any atom is -0.345 e. The summed E-state index contributed by atoms with van der Waals surface area (Å²) in [6.07, 6.45) is -0.502. The Morgan fingerprint density at radius 1 is 0.900 bits per heavy atom. The average Bonchev–Trinajstić information content (AvgIpc) is 2.28. The van der Waals surface area contributed by atoms with Gasteiger partial charge in [-0.3, -0.25) is 0 Å². The molecule has 0 N–H and O–H groups in total. The first-order valence-corrected chi connectivity index (χ1v) is 7.64. The third-order valence-electron chi connectivity index (χ3n) is 2.85. The summed E-state index contributed by atoms with van der Waals surface area (Å²) in [6.45, 7) is 7.92. The Morgan fingerprint density at radius 3 is 2.10 bits per heavy atom. The van der Waals surface area contributed by atoms with E-state index < -0.39 is 7.92 Å². The molecule has 115 valence electrons. The van der Waals surface area contributed by atoms with Gasteiger partial charge in [-0.2, -0.15) is 0 Å². The van der Waals surface area contributed by atoms with Gasteiger partial charge in [0.05, 0.1) is 5.85 Å². The maximum absolute atomic E-state index is 5.90. The van der Waals surface area contributed by atoms with Crippen molar-refractivity contribution < 1.29 is 14.2 Å². The predicted octanol–water partition coefficient (Wildman–Crippen LogP) is 4.68. The van der Waals surface area contributed by atoms with Gasteiger partial charge in [-0.05, 0) is 40.9 Å². The van der Waals surface area contributed by atoms with Gasteiger partial charge >= 0.3 is 0 Å². The van der Waals surface area contributed by atoms with Crippen LogP contribution in [-0.4, -0.2) is 18.4 Å². The van der Waals surface area contributed by atoms with Crippen molar-refractivity contribution in [2.75, 3.05) is 0 Å². The van der Waals surface area contributed by atoms with Gasteiger partial charge in [-0.25, -0.2) is 0 Å². The normalized spacial score (nSPS) is 31.4. The van der Waals surface area contributed by atoms with Gasteiger partial charge in [0, 0.05) is 0 Å². The summed E-state index contributed by atoms with van der Waals surface area (Å²) in [4.78, 5) is 0. The van der Waals surface area contributed by atoms with E-state index in [2.05, 4.69) is 31.2 Å². The molecule has 0 amide bonds. The first-order valence-electron chi connectivity index (χ1n) is 6.23. The van der Waals surface area contributed by atoms with Crippen LogP contribution in [0.2, 0.25) is 0 Å². The van der Waals surface area contributed by atoms with E-state index in [1.165, 1.54) is 5.30 Å². The first-order chi connectivity index (χ1) is 8.58. The zero-order chi connectivity index (χ0) is 13.1. The molecule has 2 rings (SSSR count). The number of rotatable bonds is 1. The SMILES string of the molecule is C.C.C[C]1OC(C)OC(C)OC(C)P1c1ccccc1. The molecule has 1 radical (unpaired) electrons. The van der Waals surface area contributed by atoms with Crippen molar-refractivity contribution in [2.24, 2.45) is 0 Å². The van der Waals surface area contributed by atoms with Gasteiger partial charge in [0.1, 0.15) is 5.85 Å². The topological polar surface area (TPSA) is 27.7 Å². The smallest absolute Gasteiger partial charge is 0.159 e. The van der Waals surface area contributed by atoms with Gasteiger partial charge in [-0.1, -0.05) is 45.2 Å². The summed E-state index contributed by atoms with van der Waals surface area (Å²) in [7, 11) is -0.594. The number of hydrogen-bond donors (Lipinski definition) is 0. The number of ether oxygens (including phenoxy) is 3. The molecule has 1 heterocycles. The van der Waals surface area contributed by atoms with Crippen molar-refractivity contribution in [1.82, 2.24) is 0 Å². The second-order valence-corrected chi connectivity index (χ2v) is 6.96. The van der Waals surface area contributed by atoms with E-state index in [0.717, 1.165) is 5.85 Å². The fourth-order valence-corrected chi connectivity index (χ4v) is 4.55. The maximum atomic E-state index is 5.90. The van der Waals surface area contributed by atoms with Crippen LogP contribution in [0.25, 0.3) is 0 Å². The van der Waals surface area contributed by atoms with E-state index in [4.69, 9.17) is 14.2 Å². The van der Waals surface area contributed by atoms with Crippen LogP contribution < -0.4 is 5.30 Å². The van der Waals surface area contributed by atoms with Crippen LogP contribution in [0.5, 0.6) is 0 Å². The highest BCUT2D eigenvalue weighted by molar-refractivity contribution is 7.68. The maximum Gasteiger partial charge on any atom is 0.159 e. The highest BCUT2D eigenvalue weighted by Crippen LogP contribution is 2.52. The Kier molecular flexibility index (Phi) is 8.53. The van der Waals surface area contributed by atoms with Crippen LogP contribution in [0.15, 0.2) is 30.3 Å². The van der Waals surface area contributed by atoms with Gasteiger partial charge in [0.15, 0.2) is 12.6 Å². The third kappa shape index (κ3) is 4.82. The summed E-state index contributed by atoms with van der Waals surface area (Å²) in [6, 6.07) is 10.4. The zero-order valence-electron chi connectivity index (χ0n) is 11.3. The molecule has 20 heavy (non-hydrogen) atoms. The van der Waals surface area contributed by atoms with Crippen molar-refractivity contribution in [1.29, 1.82) is 0 Å². The lowest BCUT2D eigenvalue weighted by Gasteiger charge is -2.36. The number of benzene rings is 1. The summed E-state index contributed by atoms with van der Waals surface area (Å²) in [5, 5.41) is 1.28. The second-order valence-electron chi connectivity index (χ2n) is 4.35. The fraction of sp³-hybridized carbons (Fsp3) is 0.562. The fourth-order valence-electron chi connectivity index (χ4n) is 2.20. The van der Waals surface area contributed by atoms with Gasteiger partial charge in [0.25, 0.3) is 0 Å². The van der Waals surface area contributed by atoms with Crippen LogP contribution >= 0.6 is 7.92 Å². The third-order valence-corrected chi connectivity index (χ3v) is 5.33. The molecule has 0 spiro atoms. The van der Waals surface area contributed by atoms with Crippen LogP contribution in [-0.2, 0) is 14.2 Å². The van der Waals surface area contributed by atoms with E-state index in [0.29, 0.717) is 0 Å². The standard InChI is InChI=1S/C14H20O3P.2CH4/c1-10-15-11(2)17-13(4)18(12(3)16-10)14-8-6-5-7-9-14;;/h5-12H,1-4H3;2*1H4. The molecule has 4 unspecified atom stereocenters. The second kappa shape index (κ2) is 8.74. The van der Waals surface area contributed by atoms with E-state index in [-0.39, 0.29) is 33.3 Å².